The predicted molar refractivity (Wildman–Crippen MR) is 119 cm³/mol. The summed E-state index contributed by atoms with van der Waals surface area (Å²) in [4.78, 5) is 27.2. The van der Waals surface area contributed by atoms with Gasteiger partial charge in [-0.1, -0.05) is 18.2 Å². The lowest BCUT2D eigenvalue weighted by Gasteiger charge is -2.33. The lowest BCUT2D eigenvalue weighted by Crippen LogP contribution is -2.45. The average Bonchev–Trinajstić information content (AvgIpc) is 3.09. The maximum atomic E-state index is 13.5. The molecule has 1 fully saturated rings. The molecule has 0 aliphatic carbocycles. The summed E-state index contributed by atoms with van der Waals surface area (Å²) in [6.07, 6.45) is 3.54. The number of anilines is 2. The third kappa shape index (κ3) is 3.17. The lowest BCUT2D eigenvalue weighted by atomic mass is 10.1. The van der Waals surface area contributed by atoms with Crippen LogP contribution in [0, 0.1) is 6.92 Å². The van der Waals surface area contributed by atoms with E-state index in [4.69, 9.17) is 0 Å². The monoisotopic (exact) mass is 400 g/mol. The van der Waals surface area contributed by atoms with Crippen molar-refractivity contribution in [2.75, 3.05) is 43.4 Å². The minimum absolute atomic E-state index is 0.149. The van der Waals surface area contributed by atoms with Crippen LogP contribution in [0.5, 0.6) is 0 Å². The summed E-state index contributed by atoms with van der Waals surface area (Å²) in [5.41, 5.74) is 4.07. The van der Waals surface area contributed by atoms with E-state index < -0.39 is 0 Å². The van der Waals surface area contributed by atoms with E-state index in [-0.39, 0.29) is 5.91 Å². The molecular formula is C23H24N6O. The van der Waals surface area contributed by atoms with Crippen molar-refractivity contribution in [3.8, 4) is 0 Å². The van der Waals surface area contributed by atoms with Crippen molar-refractivity contribution in [1.29, 1.82) is 0 Å². The molecule has 1 N–H and O–H groups in total. The molecule has 5 rings (SSSR count). The Morgan fingerprint density at radius 3 is 2.67 bits per heavy atom. The average molecular weight is 400 g/mol. The number of amides is 1. The molecule has 0 bridgehead atoms. The van der Waals surface area contributed by atoms with Gasteiger partial charge in [-0.3, -0.25) is 4.79 Å². The SMILES string of the molecule is Cc1cccc(NC(=O)c2c3c(N4CCN(C)CC4)ncnc3n3ccccc23)c1. The minimum Gasteiger partial charge on any atom is -0.353 e. The Bertz CT molecular complexity index is 1240. The van der Waals surface area contributed by atoms with Gasteiger partial charge in [0.2, 0.25) is 0 Å². The highest BCUT2D eigenvalue weighted by molar-refractivity contribution is 6.20. The Labute approximate surface area is 175 Å². The van der Waals surface area contributed by atoms with Crippen LogP contribution in [0.3, 0.4) is 0 Å². The molecule has 7 heteroatoms. The molecule has 3 aromatic heterocycles. The summed E-state index contributed by atoms with van der Waals surface area (Å²) < 4.78 is 1.97. The van der Waals surface area contributed by atoms with Crippen molar-refractivity contribution in [2.45, 2.75) is 6.92 Å². The zero-order valence-corrected chi connectivity index (χ0v) is 17.2. The number of aryl methyl sites for hydroxylation is 1. The second-order valence-electron chi connectivity index (χ2n) is 7.84. The number of carbonyl (C=O) groups is 1. The highest BCUT2D eigenvalue weighted by atomic mass is 16.1. The highest BCUT2D eigenvalue weighted by Gasteiger charge is 2.26. The summed E-state index contributed by atoms with van der Waals surface area (Å²) in [6.45, 7) is 5.67. The number of hydrogen-bond acceptors (Lipinski definition) is 5. The Morgan fingerprint density at radius 2 is 1.87 bits per heavy atom. The highest BCUT2D eigenvalue weighted by Crippen LogP contribution is 2.33. The van der Waals surface area contributed by atoms with Crippen LogP contribution < -0.4 is 10.2 Å². The molecule has 0 atom stereocenters. The summed E-state index contributed by atoms with van der Waals surface area (Å²) in [5, 5.41) is 3.88. The first kappa shape index (κ1) is 18.6. The number of likely N-dealkylation sites (N-methyl/N-ethyl adjacent to an activating group) is 1. The summed E-state index contributed by atoms with van der Waals surface area (Å²) in [7, 11) is 2.13. The zero-order valence-electron chi connectivity index (χ0n) is 17.2. The van der Waals surface area contributed by atoms with Gasteiger partial charge in [0.25, 0.3) is 5.91 Å². The standard InChI is InChI=1S/C23H24N6O/c1-16-6-5-7-17(14-16)26-23(30)19-18-8-3-4-9-29(18)22-20(19)21(24-15-25-22)28-12-10-27(2)11-13-28/h3-9,14-15H,10-13H2,1-2H3,(H,26,30). The number of nitrogens with zero attached hydrogens (tertiary/aromatic N) is 5. The number of fused-ring (bicyclic) bond motifs is 3. The van der Waals surface area contributed by atoms with Crippen molar-refractivity contribution in [3.63, 3.8) is 0 Å². The molecule has 4 heterocycles. The van der Waals surface area contributed by atoms with Crippen molar-refractivity contribution in [1.82, 2.24) is 19.3 Å². The molecule has 0 radical (unpaired) electrons. The maximum absolute atomic E-state index is 13.5. The normalized spacial score (nSPS) is 15.1. The van der Waals surface area contributed by atoms with Gasteiger partial charge in [-0.05, 0) is 43.8 Å². The van der Waals surface area contributed by atoms with Gasteiger partial charge < -0.3 is 19.5 Å². The Balaban J connectivity index is 1.68. The quantitative estimate of drug-likeness (QED) is 0.572. The Morgan fingerprint density at radius 1 is 1.03 bits per heavy atom. The van der Waals surface area contributed by atoms with Gasteiger partial charge >= 0.3 is 0 Å². The van der Waals surface area contributed by atoms with Crippen LogP contribution in [0.1, 0.15) is 15.9 Å². The molecular weight excluding hydrogens is 376 g/mol. The van der Waals surface area contributed by atoms with Crippen LogP contribution in [0.15, 0.2) is 55.0 Å². The fraction of sp³-hybridized carbons (Fsp3) is 0.261. The van der Waals surface area contributed by atoms with Crippen LogP contribution in [0.4, 0.5) is 11.5 Å². The van der Waals surface area contributed by atoms with Gasteiger partial charge in [0.15, 0.2) is 5.65 Å². The van der Waals surface area contributed by atoms with Gasteiger partial charge in [0.05, 0.1) is 16.5 Å². The van der Waals surface area contributed by atoms with E-state index in [0.29, 0.717) is 5.56 Å². The second kappa shape index (κ2) is 7.42. The van der Waals surface area contributed by atoms with Crippen LogP contribution in [-0.2, 0) is 0 Å². The first-order valence-electron chi connectivity index (χ1n) is 10.2. The van der Waals surface area contributed by atoms with Crippen molar-refractivity contribution < 1.29 is 4.79 Å². The molecule has 1 amide bonds. The van der Waals surface area contributed by atoms with E-state index >= 15 is 0 Å². The van der Waals surface area contributed by atoms with Gasteiger partial charge in [-0.2, -0.15) is 0 Å². The van der Waals surface area contributed by atoms with Crippen LogP contribution >= 0.6 is 0 Å². The fourth-order valence-electron chi connectivity index (χ4n) is 4.14. The third-order valence-corrected chi connectivity index (χ3v) is 5.71. The van der Waals surface area contributed by atoms with Crippen molar-refractivity contribution >= 4 is 34.0 Å². The van der Waals surface area contributed by atoms with E-state index in [2.05, 4.69) is 32.1 Å². The van der Waals surface area contributed by atoms with Gasteiger partial charge in [0, 0.05) is 38.1 Å². The Kier molecular flexibility index (Phi) is 4.59. The first-order chi connectivity index (χ1) is 14.6. The molecule has 1 saturated heterocycles. The molecule has 1 aliphatic heterocycles. The predicted octanol–water partition coefficient (Wildman–Crippen LogP) is 3.20. The van der Waals surface area contributed by atoms with E-state index in [1.807, 2.05) is 60.0 Å². The van der Waals surface area contributed by atoms with Crippen LogP contribution in [0.25, 0.3) is 16.6 Å². The molecule has 0 unspecified atom stereocenters. The van der Waals surface area contributed by atoms with Crippen molar-refractivity contribution in [2.24, 2.45) is 0 Å². The van der Waals surface area contributed by atoms with Crippen molar-refractivity contribution in [3.05, 3.63) is 66.1 Å². The smallest absolute Gasteiger partial charge is 0.258 e. The number of pyridine rings is 1. The summed E-state index contributed by atoms with van der Waals surface area (Å²) in [5.74, 6) is 0.677. The number of aromatic nitrogens is 3. The van der Waals surface area contributed by atoms with E-state index in [1.54, 1.807) is 6.33 Å². The first-order valence-corrected chi connectivity index (χ1v) is 10.2. The summed E-state index contributed by atoms with van der Waals surface area (Å²) in [6, 6.07) is 13.7. The molecule has 4 aromatic rings. The lowest BCUT2D eigenvalue weighted by molar-refractivity contribution is 0.103. The van der Waals surface area contributed by atoms with E-state index in [1.165, 1.54) is 0 Å². The van der Waals surface area contributed by atoms with E-state index in [0.717, 1.165) is 59.8 Å². The topological polar surface area (TPSA) is 65.8 Å². The van der Waals surface area contributed by atoms with Gasteiger partial charge in [-0.15, -0.1) is 0 Å². The molecule has 1 aromatic carbocycles. The summed E-state index contributed by atoms with van der Waals surface area (Å²) >= 11 is 0. The van der Waals surface area contributed by atoms with Crippen LogP contribution in [0.2, 0.25) is 0 Å². The van der Waals surface area contributed by atoms with Crippen LogP contribution in [-0.4, -0.2) is 58.4 Å². The molecule has 0 spiro atoms. The number of piperazine rings is 1. The molecule has 152 valence electrons. The minimum atomic E-state index is -0.149. The molecule has 0 saturated carbocycles. The Hall–Kier alpha value is -3.45. The fourth-order valence-corrected chi connectivity index (χ4v) is 4.14. The molecule has 1 aliphatic rings. The number of rotatable bonds is 3. The number of carbonyl (C=O) groups excluding carboxylic acids is 1. The number of hydrogen-bond donors (Lipinski definition) is 1. The maximum Gasteiger partial charge on any atom is 0.258 e. The largest absolute Gasteiger partial charge is 0.353 e. The number of benzene rings is 1. The second-order valence-corrected chi connectivity index (χ2v) is 7.84. The third-order valence-electron chi connectivity index (χ3n) is 5.71. The zero-order chi connectivity index (χ0) is 20.7. The van der Waals surface area contributed by atoms with E-state index in [9.17, 15) is 4.79 Å². The molecule has 7 nitrogen and oxygen atoms in total. The van der Waals surface area contributed by atoms with Gasteiger partial charge in [-0.25, -0.2) is 9.97 Å². The van der Waals surface area contributed by atoms with Gasteiger partial charge in [0.1, 0.15) is 12.1 Å². The number of nitrogens with one attached hydrogen (secondary N) is 1. The molecule has 30 heavy (non-hydrogen) atoms.